The van der Waals surface area contributed by atoms with Crippen LogP contribution in [-0.4, -0.2) is 15.5 Å². The summed E-state index contributed by atoms with van der Waals surface area (Å²) in [4.78, 5) is 15.4. The van der Waals surface area contributed by atoms with E-state index < -0.39 is 0 Å². The Morgan fingerprint density at radius 1 is 1.31 bits per heavy atom. The normalized spacial score (nSPS) is 10.0. The molecule has 0 radical (unpaired) electrons. The van der Waals surface area contributed by atoms with Crippen LogP contribution < -0.4 is 5.32 Å². The minimum atomic E-state index is -0.0122. The van der Waals surface area contributed by atoms with Gasteiger partial charge in [-0.25, -0.2) is 4.98 Å². The van der Waals surface area contributed by atoms with Crippen LogP contribution in [0.1, 0.15) is 5.56 Å². The summed E-state index contributed by atoms with van der Waals surface area (Å²) in [7, 11) is 0. The zero-order valence-corrected chi connectivity index (χ0v) is 8.84. The molecule has 4 nitrogen and oxygen atoms in total. The fourth-order valence-corrected chi connectivity index (χ4v) is 1.40. The van der Waals surface area contributed by atoms with Crippen LogP contribution in [0.2, 0.25) is 0 Å². The van der Waals surface area contributed by atoms with E-state index in [1.165, 1.54) is 0 Å². The Morgan fingerprint density at radius 3 is 2.81 bits per heavy atom. The van der Waals surface area contributed by atoms with E-state index in [0.717, 1.165) is 5.56 Å². The van der Waals surface area contributed by atoms with Gasteiger partial charge in [0.25, 0.3) is 0 Å². The molecule has 0 unspecified atom stereocenters. The Hall–Kier alpha value is -2.10. The number of rotatable bonds is 4. The van der Waals surface area contributed by atoms with Crippen molar-refractivity contribution >= 4 is 5.91 Å². The van der Waals surface area contributed by atoms with Gasteiger partial charge in [-0.15, -0.1) is 0 Å². The first-order chi connectivity index (χ1) is 7.84. The lowest BCUT2D eigenvalue weighted by Gasteiger charge is -2.05. The molecule has 1 aromatic carbocycles. The van der Waals surface area contributed by atoms with Gasteiger partial charge in [-0.05, 0) is 5.56 Å². The smallest absolute Gasteiger partial charge is 0.240 e. The summed E-state index contributed by atoms with van der Waals surface area (Å²) in [6.07, 6.45) is 5.05. The van der Waals surface area contributed by atoms with Crippen LogP contribution in [0.5, 0.6) is 0 Å². The Balaban J connectivity index is 1.80. The standard InChI is InChI=1S/C12H13N3O/c16-12(9-15-7-6-13-10-15)14-8-11-4-2-1-3-5-11/h1-7,10H,8-9H2,(H,14,16). The second kappa shape index (κ2) is 5.11. The molecule has 4 heteroatoms. The molecule has 1 N–H and O–H groups in total. The van der Waals surface area contributed by atoms with Gasteiger partial charge in [0.1, 0.15) is 6.54 Å². The summed E-state index contributed by atoms with van der Waals surface area (Å²) in [6, 6.07) is 9.83. The summed E-state index contributed by atoms with van der Waals surface area (Å²) >= 11 is 0. The van der Waals surface area contributed by atoms with Crippen LogP contribution in [0.3, 0.4) is 0 Å². The predicted molar refractivity (Wildman–Crippen MR) is 60.5 cm³/mol. The van der Waals surface area contributed by atoms with Crippen molar-refractivity contribution < 1.29 is 4.79 Å². The van der Waals surface area contributed by atoms with Crippen LogP contribution in [0.4, 0.5) is 0 Å². The van der Waals surface area contributed by atoms with Crippen molar-refractivity contribution in [2.24, 2.45) is 0 Å². The summed E-state index contributed by atoms with van der Waals surface area (Å²) in [6.45, 7) is 0.876. The number of carbonyl (C=O) groups is 1. The minimum absolute atomic E-state index is 0.0122. The molecule has 0 saturated heterocycles. The molecule has 0 fully saturated rings. The number of benzene rings is 1. The maximum Gasteiger partial charge on any atom is 0.240 e. The highest BCUT2D eigenvalue weighted by atomic mass is 16.1. The zero-order chi connectivity index (χ0) is 11.2. The predicted octanol–water partition coefficient (Wildman–Crippen LogP) is 1.20. The number of imidazole rings is 1. The van der Waals surface area contributed by atoms with Crippen LogP contribution >= 0.6 is 0 Å². The van der Waals surface area contributed by atoms with Crippen molar-refractivity contribution in [1.82, 2.24) is 14.9 Å². The summed E-state index contributed by atoms with van der Waals surface area (Å²) in [5.41, 5.74) is 1.10. The van der Waals surface area contributed by atoms with Gasteiger partial charge in [0.2, 0.25) is 5.91 Å². The first-order valence-electron chi connectivity index (χ1n) is 5.11. The van der Waals surface area contributed by atoms with Crippen LogP contribution in [0.25, 0.3) is 0 Å². The third-order valence-corrected chi connectivity index (χ3v) is 2.22. The monoisotopic (exact) mass is 215 g/mol. The van der Waals surface area contributed by atoms with E-state index in [4.69, 9.17) is 0 Å². The molecule has 0 aliphatic rings. The van der Waals surface area contributed by atoms with E-state index in [2.05, 4.69) is 10.3 Å². The number of amides is 1. The number of hydrogen-bond donors (Lipinski definition) is 1. The maximum atomic E-state index is 11.5. The van der Waals surface area contributed by atoms with Gasteiger partial charge in [-0.1, -0.05) is 30.3 Å². The third kappa shape index (κ3) is 2.95. The molecule has 1 amide bonds. The van der Waals surface area contributed by atoms with E-state index in [-0.39, 0.29) is 5.91 Å². The van der Waals surface area contributed by atoms with E-state index in [0.29, 0.717) is 13.1 Å². The molecule has 0 saturated carbocycles. The van der Waals surface area contributed by atoms with E-state index >= 15 is 0 Å². The molecule has 0 spiro atoms. The average molecular weight is 215 g/mol. The largest absolute Gasteiger partial charge is 0.350 e. The lowest BCUT2D eigenvalue weighted by Crippen LogP contribution is -2.26. The third-order valence-electron chi connectivity index (χ3n) is 2.22. The molecule has 16 heavy (non-hydrogen) atoms. The van der Waals surface area contributed by atoms with Gasteiger partial charge < -0.3 is 9.88 Å². The number of nitrogens with zero attached hydrogens (tertiary/aromatic N) is 2. The topological polar surface area (TPSA) is 46.9 Å². The molecule has 0 aliphatic carbocycles. The second-order valence-corrected chi connectivity index (χ2v) is 3.50. The highest BCUT2D eigenvalue weighted by Gasteiger charge is 2.01. The molecule has 0 atom stereocenters. The molecular formula is C12H13N3O. The van der Waals surface area contributed by atoms with Gasteiger partial charge in [-0.2, -0.15) is 0 Å². The first kappa shape index (κ1) is 10.4. The van der Waals surface area contributed by atoms with Gasteiger partial charge in [0, 0.05) is 18.9 Å². The molecule has 2 rings (SSSR count). The van der Waals surface area contributed by atoms with Crippen molar-refractivity contribution in [1.29, 1.82) is 0 Å². The van der Waals surface area contributed by atoms with Crippen LogP contribution in [0, 0.1) is 0 Å². The summed E-state index contributed by atoms with van der Waals surface area (Å²) in [5.74, 6) is -0.0122. The van der Waals surface area contributed by atoms with Crippen molar-refractivity contribution in [3.63, 3.8) is 0 Å². The van der Waals surface area contributed by atoms with Gasteiger partial charge in [0.05, 0.1) is 6.33 Å². The highest BCUT2D eigenvalue weighted by molar-refractivity contribution is 5.75. The Labute approximate surface area is 93.9 Å². The molecule has 2 aromatic rings. The minimum Gasteiger partial charge on any atom is -0.350 e. The van der Waals surface area contributed by atoms with Gasteiger partial charge >= 0.3 is 0 Å². The quantitative estimate of drug-likeness (QED) is 0.833. The number of nitrogens with one attached hydrogen (secondary N) is 1. The van der Waals surface area contributed by atoms with E-state index in [9.17, 15) is 4.79 Å². The molecule has 0 aliphatic heterocycles. The molecule has 1 heterocycles. The van der Waals surface area contributed by atoms with Crippen LogP contribution in [-0.2, 0) is 17.9 Å². The maximum absolute atomic E-state index is 11.5. The van der Waals surface area contributed by atoms with E-state index in [1.807, 2.05) is 30.3 Å². The van der Waals surface area contributed by atoms with Gasteiger partial charge in [-0.3, -0.25) is 4.79 Å². The lowest BCUT2D eigenvalue weighted by atomic mass is 10.2. The fourth-order valence-electron chi connectivity index (χ4n) is 1.40. The van der Waals surface area contributed by atoms with Crippen LogP contribution in [0.15, 0.2) is 49.1 Å². The van der Waals surface area contributed by atoms with Crippen molar-refractivity contribution in [2.75, 3.05) is 0 Å². The number of carbonyl (C=O) groups excluding carboxylic acids is 1. The zero-order valence-electron chi connectivity index (χ0n) is 8.84. The molecule has 0 bridgehead atoms. The SMILES string of the molecule is O=C(Cn1ccnc1)NCc1ccccc1. The van der Waals surface area contributed by atoms with Crippen molar-refractivity contribution in [2.45, 2.75) is 13.1 Å². The molecular weight excluding hydrogens is 202 g/mol. The Morgan fingerprint density at radius 2 is 2.12 bits per heavy atom. The molecule has 82 valence electrons. The lowest BCUT2D eigenvalue weighted by molar-refractivity contribution is -0.121. The summed E-state index contributed by atoms with van der Waals surface area (Å²) in [5, 5.41) is 2.85. The Bertz CT molecular complexity index is 437. The van der Waals surface area contributed by atoms with Crippen molar-refractivity contribution in [3.8, 4) is 0 Å². The number of aromatic nitrogens is 2. The van der Waals surface area contributed by atoms with Gasteiger partial charge in [0.15, 0.2) is 0 Å². The Kier molecular flexibility index (Phi) is 3.33. The molecule has 1 aromatic heterocycles. The second-order valence-electron chi connectivity index (χ2n) is 3.50. The summed E-state index contributed by atoms with van der Waals surface area (Å²) < 4.78 is 1.74. The van der Waals surface area contributed by atoms with E-state index in [1.54, 1.807) is 23.3 Å². The first-order valence-corrected chi connectivity index (χ1v) is 5.11. The van der Waals surface area contributed by atoms with Crippen molar-refractivity contribution in [3.05, 3.63) is 54.6 Å². The fraction of sp³-hybridized carbons (Fsp3) is 0.167. The average Bonchev–Trinajstić information content (AvgIpc) is 2.81. The highest BCUT2D eigenvalue weighted by Crippen LogP contribution is 1.97. The number of hydrogen-bond acceptors (Lipinski definition) is 2.